The van der Waals surface area contributed by atoms with Gasteiger partial charge >= 0.3 is 5.69 Å². The number of phenols is 1. The molecule has 1 heterocycles. The van der Waals surface area contributed by atoms with Crippen LogP contribution in [0.1, 0.15) is 21.6 Å². The molecule has 0 unspecified atom stereocenters. The standard InChI is InChI=1S/C15H9FN4O4/c16-11-5-10(15(22)14(13(11)18)20(23)24)12(21)4-2-8-1-3-9(6-17)19-7-8/h1-5,7,22H,18H2. The van der Waals surface area contributed by atoms with Crippen molar-refractivity contribution in [3.63, 3.8) is 0 Å². The van der Waals surface area contributed by atoms with Crippen LogP contribution in [0.15, 0.2) is 30.5 Å². The molecule has 0 spiro atoms. The number of halogens is 1. The van der Waals surface area contributed by atoms with E-state index < -0.39 is 39.2 Å². The van der Waals surface area contributed by atoms with Crippen molar-refractivity contribution in [2.45, 2.75) is 0 Å². The summed E-state index contributed by atoms with van der Waals surface area (Å²) in [5.41, 5.74) is 3.35. The fourth-order valence-corrected chi connectivity index (χ4v) is 1.85. The summed E-state index contributed by atoms with van der Waals surface area (Å²) in [5.74, 6) is -3.05. The molecule has 0 saturated carbocycles. The van der Waals surface area contributed by atoms with Gasteiger partial charge in [-0.25, -0.2) is 9.37 Å². The minimum Gasteiger partial charge on any atom is -0.502 e. The maximum Gasteiger partial charge on any atom is 0.337 e. The lowest BCUT2D eigenvalue weighted by Gasteiger charge is -2.05. The second kappa shape index (κ2) is 6.53. The van der Waals surface area contributed by atoms with Gasteiger partial charge in [0.15, 0.2) is 17.3 Å². The first kappa shape index (κ1) is 16.6. The molecule has 120 valence electrons. The number of nitrogens with zero attached hydrogens (tertiary/aromatic N) is 3. The van der Waals surface area contributed by atoms with Gasteiger partial charge in [-0.3, -0.25) is 14.9 Å². The molecule has 3 N–H and O–H groups in total. The Bertz CT molecular complexity index is 901. The molecule has 0 saturated heterocycles. The molecule has 0 bridgehead atoms. The van der Waals surface area contributed by atoms with Gasteiger partial charge in [0, 0.05) is 6.20 Å². The molecule has 0 aliphatic rings. The number of nitrogen functional groups attached to an aromatic ring is 1. The molecule has 0 aliphatic carbocycles. The molecule has 8 nitrogen and oxygen atoms in total. The van der Waals surface area contributed by atoms with E-state index in [0.717, 1.165) is 6.08 Å². The van der Waals surface area contributed by atoms with E-state index in [1.54, 1.807) is 0 Å². The van der Waals surface area contributed by atoms with E-state index in [1.807, 2.05) is 6.07 Å². The molecule has 2 rings (SSSR count). The SMILES string of the molecule is N#Cc1ccc(C=CC(=O)c2cc(F)c(N)c([N+](=O)[O-])c2O)cn1. The summed E-state index contributed by atoms with van der Waals surface area (Å²) in [6.45, 7) is 0. The Balaban J connectivity index is 2.37. The molecule has 9 heteroatoms. The third kappa shape index (κ3) is 3.17. The highest BCUT2D eigenvalue weighted by atomic mass is 19.1. The summed E-state index contributed by atoms with van der Waals surface area (Å²) in [6, 6.07) is 5.40. The molecule has 0 atom stereocenters. The lowest BCUT2D eigenvalue weighted by Crippen LogP contribution is -2.04. The zero-order chi connectivity index (χ0) is 17.9. The van der Waals surface area contributed by atoms with E-state index in [1.165, 1.54) is 24.4 Å². The van der Waals surface area contributed by atoms with Crippen LogP contribution >= 0.6 is 0 Å². The smallest absolute Gasteiger partial charge is 0.337 e. The Morgan fingerprint density at radius 2 is 2.21 bits per heavy atom. The molecular weight excluding hydrogens is 319 g/mol. The Kier molecular flexibility index (Phi) is 4.51. The van der Waals surface area contributed by atoms with E-state index >= 15 is 0 Å². The first-order valence-corrected chi connectivity index (χ1v) is 6.39. The predicted octanol–water partition coefficient (Wildman–Crippen LogP) is 2.18. The molecule has 0 aliphatic heterocycles. The van der Waals surface area contributed by atoms with E-state index in [4.69, 9.17) is 11.0 Å². The number of pyridine rings is 1. The van der Waals surface area contributed by atoms with Crippen LogP contribution in [-0.4, -0.2) is 20.8 Å². The second-order valence-electron chi connectivity index (χ2n) is 4.56. The lowest BCUT2D eigenvalue weighted by molar-refractivity contribution is -0.385. The number of carbonyl (C=O) groups excluding carboxylic acids is 1. The summed E-state index contributed by atoms with van der Waals surface area (Å²) in [7, 11) is 0. The largest absolute Gasteiger partial charge is 0.502 e. The molecule has 0 fully saturated rings. The third-order valence-electron chi connectivity index (χ3n) is 3.04. The number of rotatable bonds is 4. The number of ketones is 1. The van der Waals surface area contributed by atoms with Crippen molar-refractivity contribution in [2.75, 3.05) is 5.73 Å². The number of nitriles is 1. The highest BCUT2D eigenvalue weighted by molar-refractivity contribution is 6.09. The lowest BCUT2D eigenvalue weighted by atomic mass is 10.1. The van der Waals surface area contributed by atoms with Crippen molar-refractivity contribution in [1.29, 1.82) is 5.26 Å². The number of hydrogen-bond donors (Lipinski definition) is 2. The monoisotopic (exact) mass is 328 g/mol. The predicted molar refractivity (Wildman–Crippen MR) is 81.4 cm³/mol. The van der Waals surface area contributed by atoms with Gasteiger partial charge in [0.05, 0.1) is 10.5 Å². The number of phenolic OH excluding ortho intramolecular Hbond substituents is 1. The van der Waals surface area contributed by atoms with Gasteiger partial charge in [-0.15, -0.1) is 0 Å². The van der Waals surface area contributed by atoms with Crippen molar-refractivity contribution in [3.8, 4) is 11.8 Å². The van der Waals surface area contributed by atoms with Crippen molar-refractivity contribution in [3.05, 3.63) is 63.2 Å². The van der Waals surface area contributed by atoms with E-state index in [-0.39, 0.29) is 5.69 Å². The number of benzene rings is 1. The van der Waals surface area contributed by atoms with Crippen LogP contribution in [0.2, 0.25) is 0 Å². The fourth-order valence-electron chi connectivity index (χ4n) is 1.85. The maximum atomic E-state index is 13.6. The number of aromatic hydroxyl groups is 1. The second-order valence-corrected chi connectivity index (χ2v) is 4.56. The quantitative estimate of drug-likeness (QED) is 0.288. The number of nitro benzene ring substituents is 1. The fraction of sp³-hybridized carbons (Fsp3) is 0. The van der Waals surface area contributed by atoms with Gasteiger partial charge in [0.1, 0.15) is 11.8 Å². The van der Waals surface area contributed by atoms with Gasteiger partial charge < -0.3 is 10.8 Å². The average Bonchev–Trinajstić information content (AvgIpc) is 2.56. The van der Waals surface area contributed by atoms with Crippen LogP contribution in [-0.2, 0) is 0 Å². The topological polar surface area (TPSA) is 143 Å². The molecule has 24 heavy (non-hydrogen) atoms. The molecule has 0 radical (unpaired) electrons. The molecule has 0 amide bonds. The first-order valence-electron chi connectivity index (χ1n) is 6.39. The Labute approximate surface area is 134 Å². The van der Waals surface area contributed by atoms with E-state index in [0.29, 0.717) is 11.6 Å². The minimum atomic E-state index is -1.18. The van der Waals surface area contributed by atoms with Crippen LogP contribution in [0, 0.1) is 27.3 Å². The summed E-state index contributed by atoms with van der Waals surface area (Å²) in [4.78, 5) is 25.6. The van der Waals surface area contributed by atoms with Gasteiger partial charge in [0.2, 0.25) is 5.75 Å². The van der Waals surface area contributed by atoms with E-state index in [2.05, 4.69) is 4.98 Å². The maximum absolute atomic E-state index is 13.6. The van der Waals surface area contributed by atoms with Crippen molar-refractivity contribution in [1.82, 2.24) is 4.98 Å². The summed E-state index contributed by atoms with van der Waals surface area (Å²) in [6.07, 6.45) is 3.61. The summed E-state index contributed by atoms with van der Waals surface area (Å²) in [5, 5.41) is 29.3. The number of carbonyl (C=O) groups is 1. The summed E-state index contributed by atoms with van der Waals surface area (Å²) >= 11 is 0. The molecular formula is C15H9FN4O4. The Morgan fingerprint density at radius 1 is 1.50 bits per heavy atom. The minimum absolute atomic E-state index is 0.187. The van der Waals surface area contributed by atoms with E-state index in [9.17, 15) is 24.4 Å². The van der Waals surface area contributed by atoms with Crippen molar-refractivity contribution >= 4 is 23.2 Å². The van der Waals surface area contributed by atoms with Crippen LogP contribution in [0.5, 0.6) is 5.75 Å². The van der Waals surface area contributed by atoms with Crippen LogP contribution in [0.3, 0.4) is 0 Å². The van der Waals surface area contributed by atoms with Crippen molar-refractivity contribution < 1.29 is 19.2 Å². The number of hydrogen-bond acceptors (Lipinski definition) is 7. The number of allylic oxidation sites excluding steroid dienone is 1. The molecule has 1 aromatic carbocycles. The number of aromatic nitrogens is 1. The summed E-state index contributed by atoms with van der Waals surface area (Å²) < 4.78 is 13.6. The Morgan fingerprint density at radius 3 is 2.75 bits per heavy atom. The highest BCUT2D eigenvalue weighted by Gasteiger charge is 2.27. The van der Waals surface area contributed by atoms with Crippen molar-refractivity contribution in [2.24, 2.45) is 0 Å². The normalized spacial score (nSPS) is 10.5. The van der Waals surface area contributed by atoms with Gasteiger partial charge in [0.25, 0.3) is 0 Å². The van der Waals surface area contributed by atoms with Gasteiger partial charge in [-0.2, -0.15) is 5.26 Å². The highest BCUT2D eigenvalue weighted by Crippen LogP contribution is 2.37. The van der Waals surface area contributed by atoms with Gasteiger partial charge in [-0.05, 0) is 29.8 Å². The zero-order valence-electron chi connectivity index (χ0n) is 11.9. The van der Waals surface area contributed by atoms with Crippen LogP contribution < -0.4 is 5.73 Å². The first-order chi connectivity index (χ1) is 11.3. The third-order valence-corrected chi connectivity index (χ3v) is 3.04. The number of nitrogens with two attached hydrogens (primary N) is 1. The molecule has 2 aromatic rings. The van der Waals surface area contributed by atoms with Gasteiger partial charge in [-0.1, -0.05) is 6.07 Å². The number of nitro groups is 1. The molecule has 1 aromatic heterocycles. The zero-order valence-corrected chi connectivity index (χ0v) is 11.9. The van der Waals surface area contributed by atoms with Crippen LogP contribution in [0.25, 0.3) is 6.08 Å². The van der Waals surface area contributed by atoms with Crippen LogP contribution in [0.4, 0.5) is 15.8 Å². The average molecular weight is 328 g/mol. The number of anilines is 1. The Hall–Kier alpha value is -3.80.